The molecule has 1 aliphatic rings. The lowest BCUT2D eigenvalue weighted by atomic mass is 10.1. The topological polar surface area (TPSA) is 71.3 Å². The van der Waals surface area contributed by atoms with Crippen LogP contribution in [0.15, 0.2) is 29.1 Å². The number of nitrogens with one attached hydrogen (secondary N) is 1. The molecule has 0 spiro atoms. The molecule has 0 saturated heterocycles. The van der Waals surface area contributed by atoms with Gasteiger partial charge < -0.3 is 15.0 Å². The number of rotatable bonds is 4. The number of aliphatic hydroxyl groups is 1. The molecule has 2 aromatic rings. The third-order valence-corrected chi connectivity index (χ3v) is 5.45. The molecule has 0 radical (unpaired) electrons. The standard InChI is InChI=1S/C17H20N2O3S/c1-10-11(2)23-17(22)19(10)8-7-15(21)18-16-13-6-4-3-5-12(13)9-14(16)20/h3-6,14,16,20H,7-9H2,1-2H3,(H,18,21)/t14-,16-/m0/s1. The number of hydrogen-bond acceptors (Lipinski definition) is 4. The van der Waals surface area contributed by atoms with Crippen molar-refractivity contribution in [2.75, 3.05) is 0 Å². The van der Waals surface area contributed by atoms with Crippen molar-refractivity contribution in [2.45, 2.75) is 45.4 Å². The van der Waals surface area contributed by atoms with Crippen molar-refractivity contribution < 1.29 is 9.90 Å². The van der Waals surface area contributed by atoms with E-state index in [2.05, 4.69) is 5.32 Å². The Morgan fingerprint density at radius 1 is 1.39 bits per heavy atom. The molecule has 2 N–H and O–H groups in total. The Morgan fingerprint density at radius 3 is 2.83 bits per heavy atom. The van der Waals surface area contributed by atoms with Crippen molar-refractivity contribution in [1.82, 2.24) is 9.88 Å². The zero-order chi connectivity index (χ0) is 16.6. The molecule has 1 aliphatic carbocycles. The van der Waals surface area contributed by atoms with Crippen LogP contribution in [0.3, 0.4) is 0 Å². The largest absolute Gasteiger partial charge is 0.390 e. The van der Waals surface area contributed by atoms with Gasteiger partial charge in [0.25, 0.3) is 0 Å². The van der Waals surface area contributed by atoms with E-state index in [4.69, 9.17) is 0 Å². The molecular formula is C17H20N2O3S. The van der Waals surface area contributed by atoms with Crippen molar-refractivity contribution in [3.05, 3.63) is 55.6 Å². The predicted octanol–water partition coefficient (Wildman–Crippen LogP) is 1.69. The van der Waals surface area contributed by atoms with Crippen molar-refractivity contribution in [3.8, 4) is 0 Å². The number of carbonyl (C=O) groups excluding carboxylic acids is 1. The molecule has 0 aliphatic heterocycles. The Balaban J connectivity index is 1.65. The molecule has 1 heterocycles. The van der Waals surface area contributed by atoms with Gasteiger partial charge in [-0.1, -0.05) is 35.6 Å². The average Bonchev–Trinajstić information content (AvgIpc) is 2.95. The molecule has 0 saturated carbocycles. The van der Waals surface area contributed by atoms with Crippen LogP contribution in [-0.2, 0) is 17.8 Å². The van der Waals surface area contributed by atoms with E-state index < -0.39 is 6.10 Å². The second-order valence-corrected chi connectivity index (χ2v) is 7.09. The number of carbonyl (C=O) groups is 1. The minimum atomic E-state index is -0.593. The van der Waals surface area contributed by atoms with Crippen LogP contribution in [0.5, 0.6) is 0 Å². The summed E-state index contributed by atoms with van der Waals surface area (Å²) in [6, 6.07) is 7.40. The molecule has 1 aromatic heterocycles. The lowest BCUT2D eigenvalue weighted by molar-refractivity contribution is -0.122. The number of aryl methyl sites for hydroxylation is 1. The van der Waals surface area contributed by atoms with Gasteiger partial charge in [-0.25, -0.2) is 0 Å². The SMILES string of the molecule is Cc1sc(=O)n(CCC(=O)N[C@H]2c3ccccc3C[C@@H]2O)c1C. The molecule has 23 heavy (non-hydrogen) atoms. The zero-order valence-electron chi connectivity index (χ0n) is 13.2. The van der Waals surface area contributed by atoms with E-state index >= 15 is 0 Å². The number of thiazole rings is 1. The van der Waals surface area contributed by atoms with Crippen LogP contribution >= 0.6 is 11.3 Å². The normalized spacial score (nSPS) is 19.6. The van der Waals surface area contributed by atoms with Crippen LogP contribution in [0, 0.1) is 13.8 Å². The number of fused-ring (bicyclic) bond motifs is 1. The molecule has 0 bridgehead atoms. The first-order valence-corrected chi connectivity index (χ1v) is 8.51. The third kappa shape index (κ3) is 3.09. The van der Waals surface area contributed by atoms with E-state index in [1.807, 2.05) is 38.1 Å². The second kappa shape index (κ2) is 6.29. The van der Waals surface area contributed by atoms with Gasteiger partial charge in [0, 0.05) is 30.0 Å². The molecule has 1 amide bonds. The fourth-order valence-electron chi connectivity index (χ4n) is 3.05. The van der Waals surface area contributed by atoms with E-state index in [0.717, 1.165) is 21.7 Å². The summed E-state index contributed by atoms with van der Waals surface area (Å²) in [6.07, 6.45) is 0.190. The van der Waals surface area contributed by atoms with E-state index in [-0.39, 0.29) is 23.2 Å². The van der Waals surface area contributed by atoms with E-state index in [0.29, 0.717) is 13.0 Å². The fraction of sp³-hybridized carbons (Fsp3) is 0.412. The number of hydrogen-bond donors (Lipinski definition) is 2. The molecular weight excluding hydrogens is 312 g/mol. The summed E-state index contributed by atoms with van der Waals surface area (Å²) in [5, 5.41) is 13.1. The predicted molar refractivity (Wildman–Crippen MR) is 89.7 cm³/mol. The number of amides is 1. The number of aliphatic hydroxyl groups excluding tert-OH is 1. The summed E-state index contributed by atoms with van der Waals surface area (Å²) in [6.45, 7) is 4.16. The summed E-state index contributed by atoms with van der Waals surface area (Å²) in [7, 11) is 0. The van der Waals surface area contributed by atoms with Crippen LogP contribution in [0.4, 0.5) is 0 Å². The maximum absolute atomic E-state index is 12.2. The molecule has 0 unspecified atom stereocenters. The number of nitrogens with zero attached hydrogens (tertiary/aromatic N) is 1. The number of benzene rings is 1. The van der Waals surface area contributed by atoms with Gasteiger partial charge >= 0.3 is 4.87 Å². The van der Waals surface area contributed by atoms with Crippen LogP contribution < -0.4 is 10.2 Å². The summed E-state index contributed by atoms with van der Waals surface area (Å²) in [5.74, 6) is -0.152. The summed E-state index contributed by atoms with van der Waals surface area (Å²) in [4.78, 5) is 25.0. The Bertz CT molecular complexity index is 793. The van der Waals surface area contributed by atoms with Gasteiger partial charge in [-0.2, -0.15) is 0 Å². The average molecular weight is 332 g/mol. The van der Waals surface area contributed by atoms with Crippen molar-refractivity contribution in [1.29, 1.82) is 0 Å². The summed E-state index contributed by atoms with van der Waals surface area (Å²) in [5.41, 5.74) is 2.97. The molecule has 122 valence electrons. The fourth-order valence-corrected chi connectivity index (χ4v) is 3.91. The Kier molecular flexibility index (Phi) is 4.37. The minimum absolute atomic E-state index is 0.0287. The smallest absolute Gasteiger partial charge is 0.307 e. The van der Waals surface area contributed by atoms with Gasteiger partial charge in [-0.05, 0) is 25.0 Å². The zero-order valence-corrected chi connectivity index (χ0v) is 14.0. The second-order valence-electron chi connectivity index (χ2n) is 5.93. The maximum Gasteiger partial charge on any atom is 0.307 e. The molecule has 2 atom stereocenters. The quantitative estimate of drug-likeness (QED) is 0.895. The molecule has 5 nitrogen and oxygen atoms in total. The first-order chi connectivity index (χ1) is 11.0. The highest BCUT2D eigenvalue weighted by Crippen LogP contribution is 2.31. The summed E-state index contributed by atoms with van der Waals surface area (Å²) < 4.78 is 1.64. The van der Waals surface area contributed by atoms with Crippen molar-refractivity contribution in [3.63, 3.8) is 0 Å². The van der Waals surface area contributed by atoms with Crippen LogP contribution in [0.2, 0.25) is 0 Å². The molecule has 3 rings (SSSR count). The minimum Gasteiger partial charge on any atom is -0.390 e. The first-order valence-electron chi connectivity index (χ1n) is 7.69. The lowest BCUT2D eigenvalue weighted by Gasteiger charge is -2.18. The first kappa shape index (κ1) is 16.0. The van der Waals surface area contributed by atoms with Crippen LogP contribution in [-0.4, -0.2) is 21.7 Å². The van der Waals surface area contributed by atoms with Gasteiger partial charge in [0.15, 0.2) is 0 Å². The van der Waals surface area contributed by atoms with Crippen molar-refractivity contribution in [2.24, 2.45) is 0 Å². The molecule has 0 fully saturated rings. The summed E-state index contributed by atoms with van der Waals surface area (Å²) >= 11 is 1.21. The monoisotopic (exact) mass is 332 g/mol. The molecule has 6 heteroatoms. The molecule has 1 aromatic carbocycles. The van der Waals surface area contributed by atoms with Crippen molar-refractivity contribution >= 4 is 17.2 Å². The Hall–Kier alpha value is -1.92. The maximum atomic E-state index is 12.2. The van der Waals surface area contributed by atoms with E-state index in [1.165, 1.54) is 11.3 Å². The highest BCUT2D eigenvalue weighted by molar-refractivity contribution is 7.09. The Morgan fingerprint density at radius 2 is 2.13 bits per heavy atom. The van der Waals surface area contributed by atoms with Crippen LogP contribution in [0.25, 0.3) is 0 Å². The van der Waals surface area contributed by atoms with Crippen LogP contribution in [0.1, 0.15) is 34.2 Å². The van der Waals surface area contributed by atoms with Gasteiger partial charge in [0.1, 0.15) is 0 Å². The highest BCUT2D eigenvalue weighted by atomic mass is 32.1. The van der Waals surface area contributed by atoms with Gasteiger partial charge in [0.05, 0.1) is 12.1 Å². The van der Waals surface area contributed by atoms with Gasteiger partial charge in [-0.15, -0.1) is 0 Å². The Labute approximate surface area is 138 Å². The van der Waals surface area contributed by atoms with E-state index in [9.17, 15) is 14.7 Å². The third-order valence-electron chi connectivity index (χ3n) is 4.46. The lowest BCUT2D eigenvalue weighted by Crippen LogP contribution is -2.34. The van der Waals surface area contributed by atoms with Gasteiger partial charge in [0.2, 0.25) is 5.91 Å². The van der Waals surface area contributed by atoms with E-state index in [1.54, 1.807) is 4.57 Å². The highest BCUT2D eigenvalue weighted by Gasteiger charge is 2.31. The number of aromatic nitrogens is 1. The van der Waals surface area contributed by atoms with Gasteiger partial charge in [-0.3, -0.25) is 9.59 Å².